The summed E-state index contributed by atoms with van der Waals surface area (Å²) in [6, 6.07) is 18.8. The lowest BCUT2D eigenvalue weighted by atomic mass is 10.1. The molecule has 11 heteroatoms. The molecule has 0 bridgehead atoms. The maximum Gasteiger partial charge on any atom is 0.243 e. The largest absolute Gasteiger partial charge is 0.454 e. The predicted octanol–water partition coefficient (Wildman–Crippen LogP) is 4.26. The Morgan fingerprint density at radius 2 is 1.58 bits per heavy atom. The van der Waals surface area contributed by atoms with Crippen LogP contribution in [0.25, 0.3) is 0 Å². The van der Waals surface area contributed by atoms with Crippen LogP contribution in [0.15, 0.2) is 71.6 Å². The molecule has 0 radical (unpaired) electrons. The van der Waals surface area contributed by atoms with Crippen molar-refractivity contribution >= 4 is 39.1 Å². The summed E-state index contributed by atoms with van der Waals surface area (Å²) < 4.78 is 39.1. The van der Waals surface area contributed by atoms with Crippen LogP contribution in [0.1, 0.15) is 11.1 Å². The highest BCUT2D eigenvalue weighted by Gasteiger charge is 2.30. The molecule has 2 aliphatic heterocycles. The Morgan fingerprint density at radius 3 is 2.32 bits per heavy atom. The van der Waals surface area contributed by atoms with Crippen LogP contribution in [0, 0.1) is 0 Å². The molecule has 0 N–H and O–H groups in total. The maximum atomic E-state index is 13.5. The van der Waals surface area contributed by atoms with Crippen LogP contribution in [0.4, 0.5) is 0 Å². The van der Waals surface area contributed by atoms with Gasteiger partial charge in [0.15, 0.2) is 11.5 Å². The molecule has 8 nitrogen and oxygen atoms in total. The van der Waals surface area contributed by atoms with E-state index in [1.165, 1.54) is 28.6 Å². The van der Waals surface area contributed by atoms with E-state index >= 15 is 0 Å². The van der Waals surface area contributed by atoms with Crippen molar-refractivity contribution in [1.82, 2.24) is 14.1 Å². The number of hydrogen-bond donors (Lipinski definition) is 0. The Hall–Kier alpha value is -2.82. The highest BCUT2D eigenvalue weighted by molar-refractivity contribution is 7.89. The average Bonchev–Trinajstić information content (AvgIpc) is 3.37. The van der Waals surface area contributed by atoms with E-state index in [2.05, 4.69) is 4.90 Å². The molecule has 0 aromatic heterocycles. The van der Waals surface area contributed by atoms with Gasteiger partial charge < -0.3 is 14.4 Å². The van der Waals surface area contributed by atoms with Gasteiger partial charge in [0, 0.05) is 49.3 Å². The van der Waals surface area contributed by atoms with E-state index in [1.807, 2.05) is 18.2 Å². The second-order valence-corrected chi connectivity index (χ2v) is 12.0. The number of nitrogens with zero attached hydrogens (tertiary/aromatic N) is 3. The summed E-state index contributed by atoms with van der Waals surface area (Å²) in [5.41, 5.74) is 1.80. The van der Waals surface area contributed by atoms with E-state index in [9.17, 15) is 13.2 Å². The van der Waals surface area contributed by atoms with Crippen molar-refractivity contribution in [1.29, 1.82) is 0 Å². The number of amides is 1. The van der Waals surface area contributed by atoms with Gasteiger partial charge in [0.1, 0.15) is 0 Å². The van der Waals surface area contributed by atoms with Crippen LogP contribution in [-0.2, 0) is 27.9 Å². The first kappa shape index (κ1) is 26.8. The van der Waals surface area contributed by atoms with Gasteiger partial charge in [-0.15, -0.1) is 0 Å². The topological polar surface area (TPSA) is 79.4 Å². The molecule has 1 fully saturated rings. The van der Waals surface area contributed by atoms with Crippen molar-refractivity contribution in [2.24, 2.45) is 0 Å². The highest BCUT2D eigenvalue weighted by atomic mass is 35.5. The summed E-state index contributed by atoms with van der Waals surface area (Å²) >= 11 is 12.1. The van der Waals surface area contributed by atoms with E-state index < -0.39 is 10.0 Å². The van der Waals surface area contributed by atoms with Crippen LogP contribution in [0.5, 0.6) is 11.5 Å². The van der Waals surface area contributed by atoms with Crippen LogP contribution in [-0.4, -0.2) is 67.9 Å². The minimum absolute atomic E-state index is 0.0152. The molecule has 0 spiro atoms. The summed E-state index contributed by atoms with van der Waals surface area (Å²) in [6.07, 6.45) is 0. The fourth-order valence-corrected chi connectivity index (χ4v) is 6.24. The number of ether oxygens (including phenoxy) is 2. The summed E-state index contributed by atoms with van der Waals surface area (Å²) in [5, 5.41) is 0.927. The summed E-state index contributed by atoms with van der Waals surface area (Å²) in [7, 11) is -3.97. The lowest BCUT2D eigenvalue weighted by Crippen LogP contribution is -2.51. The monoisotopic (exact) mass is 575 g/mol. The standard InChI is InChI=1S/C27H27Cl2N3O5S/c28-22-5-7-24(8-6-22)38(34,35)32(17-20-2-1-3-23(29)14-20)18-27(33)31-12-10-30(11-13-31)16-21-4-9-25-26(15-21)37-19-36-25/h1-9,14-15H,10-13,16-19H2. The number of fused-ring (bicyclic) bond motifs is 1. The Balaban J connectivity index is 1.25. The van der Waals surface area contributed by atoms with Gasteiger partial charge in [-0.2, -0.15) is 4.31 Å². The fraction of sp³-hybridized carbons (Fsp3) is 0.296. The molecule has 200 valence electrons. The first-order valence-corrected chi connectivity index (χ1v) is 14.4. The molecular weight excluding hydrogens is 549 g/mol. The van der Waals surface area contributed by atoms with Crippen molar-refractivity contribution in [2.75, 3.05) is 39.5 Å². The van der Waals surface area contributed by atoms with Gasteiger partial charge in [-0.25, -0.2) is 8.42 Å². The molecule has 38 heavy (non-hydrogen) atoms. The second-order valence-electron chi connectivity index (χ2n) is 9.20. The lowest BCUT2D eigenvalue weighted by Gasteiger charge is -2.35. The first-order valence-electron chi connectivity index (χ1n) is 12.2. The Morgan fingerprint density at radius 1 is 0.842 bits per heavy atom. The van der Waals surface area contributed by atoms with Crippen molar-refractivity contribution < 1.29 is 22.7 Å². The molecule has 0 atom stereocenters. The van der Waals surface area contributed by atoms with Crippen LogP contribution < -0.4 is 9.47 Å². The molecule has 0 unspecified atom stereocenters. The number of piperazine rings is 1. The maximum absolute atomic E-state index is 13.5. The normalized spacial score (nSPS) is 15.7. The third kappa shape index (κ3) is 6.24. The molecule has 1 saturated heterocycles. The van der Waals surface area contributed by atoms with Gasteiger partial charge in [-0.1, -0.05) is 41.4 Å². The second kappa shape index (κ2) is 11.5. The average molecular weight is 577 g/mol. The Bertz CT molecular complexity index is 1410. The minimum atomic E-state index is -3.97. The number of hydrogen-bond acceptors (Lipinski definition) is 6. The van der Waals surface area contributed by atoms with Crippen LogP contribution in [0.3, 0.4) is 0 Å². The molecule has 0 aliphatic carbocycles. The number of carbonyl (C=O) groups is 1. The number of sulfonamides is 1. The molecule has 3 aromatic carbocycles. The Kier molecular flexibility index (Phi) is 8.11. The minimum Gasteiger partial charge on any atom is -0.454 e. The zero-order chi connectivity index (χ0) is 26.7. The van der Waals surface area contributed by atoms with Crippen molar-refractivity contribution in [3.63, 3.8) is 0 Å². The lowest BCUT2D eigenvalue weighted by molar-refractivity contribution is -0.133. The molecule has 3 aromatic rings. The number of halogens is 2. The summed E-state index contributed by atoms with van der Waals surface area (Å²) in [6.45, 7) is 3.08. The van der Waals surface area contributed by atoms with E-state index in [1.54, 1.807) is 29.2 Å². The zero-order valence-corrected chi connectivity index (χ0v) is 22.9. The number of carbonyl (C=O) groups excluding carboxylic acids is 1. The smallest absolute Gasteiger partial charge is 0.243 e. The molecule has 2 heterocycles. The van der Waals surface area contributed by atoms with Gasteiger partial charge in [-0.3, -0.25) is 9.69 Å². The Labute approximate surface area is 232 Å². The summed E-state index contributed by atoms with van der Waals surface area (Å²) in [4.78, 5) is 17.4. The summed E-state index contributed by atoms with van der Waals surface area (Å²) in [5.74, 6) is 1.25. The van der Waals surface area contributed by atoms with Gasteiger partial charge >= 0.3 is 0 Å². The molecule has 2 aliphatic rings. The first-order chi connectivity index (χ1) is 18.3. The van der Waals surface area contributed by atoms with E-state index in [0.717, 1.165) is 23.6 Å². The molecular formula is C27H27Cl2N3O5S. The SMILES string of the molecule is O=C(CN(Cc1cccc(Cl)c1)S(=O)(=O)c1ccc(Cl)cc1)N1CCN(Cc2ccc3c(c2)OCO3)CC1. The quantitative estimate of drug-likeness (QED) is 0.399. The number of rotatable bonds is 8. The highest BCUT2D eigenvalue weighted by Crippen LogP contribution is 2.33. The zero-order valence-electron chi connectivity index (χ0n) is 20.6. The van der Waals surface area contributed by atoms with Crippen molar-refractivity contribution in [3.8, 4) is 11.5 Å². The molecule has 0 saturated carbocycles. The van der Waals surface area contributed by atoms with E-state index in [0.29, 0.717) is 41.8 Å². The van der Waals surface area contributed by atoms with Gasteiger partial charge in [0.05, 0.1) is 11.4 Å². The van der Waals surface area contributed by atoms with Gasteiger partial charge in [0.25, 0.3) is 0 Å². The third-order valence-corrected chi connectivity index (χ3v) is 8.87. The predicted molar refractivity (Wildman–Crippen MR) is 145 cm³/mol. The molecule has 1 amide bonds. The van der Waals surface area contributed by atoms with Gasteiger partial charge in [0.2, 0.25) is 22.7 Å². The number of benzene rings is 3. The van der Waals surface area contributed by atoms with E-state index in [-0.39, 0.29) is 30.7 Å². The van der Waals surface area contributed by atoms with Gasteiger partial charge in [-0.05, 0) is 59.7 Å². The van der Waals surface area contributed by atoms with E-state index in [4.69, 9.17) is 32.7 Å². The molecule has 5 rings (SSSR count). The van der Waals surface area contributed by atoms with Crippen LogP contribution >= 0.6 is 23.2 Å². The van der Waals surface area contributed by atoms with Crippen LogP contribution in [0.2, 0.25) is 10.0 Å². The third-order valence-electron chi connectivity index (χ3n) is 6.58. The van der Waals surface area contributed by atoms with Crippen molar-refractivity contribution in [2.45, 2.75) is 18.0 Å². The fourth-order valence-electron chi connectivity index (χ4n) is 4.52. The van der Waals surface area contributed by atoms with Crippen molar-refractivity contribution in [3.05, 3.63) is 87.9 Å².